The first kappa shape index (κ1) is 14.7. The first-order valence-corrected chi connectivity index (χ1v) is 7.31. The van der Waals surface area contributed by atoms with E-state index in [2.05, 4.69) is 10.5 Å². The number of benzene rings is 1. The van der Waals surface area contributed by atoms with Crippen LogP contribution in [0, 0.1) is 6.92 Å². The molecular weight excluding hydrogens is 308 g/mol. The molecule has 1 aromatic heterocycles. The lowest BCUT2D eigenvalue weighted by atomic mass is 10.2. The van der Waals surface area contributed by atoms with E-state index >= 15 is 0 Å². The number of nitrogens with one attached hydrogen (secondary N) is 1. The molecule has 0 atom stereocenters. The number of nitrogens with zero attached hydrogens (tertiary/aromatic N) is 1. The number of amides is 1. The number of ether oxygens (including phenoxy) is 2. The summed E-state index contributed by atoms with van der Waals surface area (Å²) in [6.07, 6.45) is 0.808. The number of carbonyl (C=O) groups is 1. The second kappa shape index (κ2) is 6.27. The van der Waals surface area contributed by atoms with Gasteiger partial charge < -0.3 is 19.3 Å². The normalized spacial score (nSPS) is 13.5. The minimum absolute atomic E-state index is 0.248. The second-order valence-corrected chi connectivity index (χ2v) is 5.37. The van der Waals surface area contributed by atoms with Crippen LogP contribution < -0.4 is 14.8 Å². The van der Waals surface area contributed by atoms with E-state index in [0.29, 0.717) is 42.0 Å². The average molecular weight is 323 g/mol. The van der Waals surface area contributed by atoms with Crippen LogP contribution in [0.1, 0.15) is 28.2 Å². The smallest absolute Gasteiger partial charge is 0.273 e. The van der Waals surface area contributed by atoms with Crippen molar-refractivity contribution < 1.29 is 18.8 Å². The van der Waals surface area contributed by atoms with Crippen molar-refractivity contribution in [2.45, 2.75) is 19.9 Å². The zero-order valence-electron chi connectivity index (χ0n) is 12.0. The highest BCUT2D eigenvalue weighted by Crippen LogP contribution is 2.37. The number of aryl methyl sites for hydroxylation is 1. The molecule has 2 heterocycles. The first-order valence-electron chi connectivity index (χ1n) is 6.93. The predicted molar refractivity (Wildman–Crippen MR) is 79.5 cm³/mol. The fraction of sp³-hybridized carbons (Fsp3) is 0.333. The molecular formula is C15H15ClN2O4. The van der Waals surface area contributed by atoms with Crippen molar-refractivity contribution in [2.24, 2.45) is 0 Å². The van der Waals surface area contributed by atoms with Crippen LogP contribution in [-0.2, 0) is 6.54 Å². The molecule has 0 saturated carbocycles. The lowest BCUT2D eigenvalue weighted by Gasteiger charge is -2.11. The Morgan fingerprint density at radius 2 is 2.14 bits per heavy atom. The SMILES string of the molecule is Cc1cc(C(=O)NCc2cc(Cl)c3c(c2)OCCCO3)no1. The van der Waals surface area contributed by atoms with Gasteiger partial charge in [-0.15, -0.1) is 0 Å². The first-order chi connectivity index (χ1) is 10.6. The quantitative estimate of drug-likeness (QED) is 0.940. The minimum Gasteiger partial charge on any atom is -0.489 e. The summed E-state index contributed by atoms with van der Waals surface area (Å²) < 4.78 is 16.1. The van der Waals surface area contributed by atoms with Crippen LogP contribution in [0.25, 0.3) is 0 Å². The molecule has 0 bridgehead atoms. The van der Waals surface area contributed by atoms with Crippen molar-refractivity contribution in [1.82, 2.24) is 10.5 Å². The van der Waals surface area contributed by atoms with Gasteiger partial charge in [0.2, 0.25) is 0 Å². The highest BCUT2D eigenvalue weighted by atomic mass is 35.5. The Hall–Kier alpha value is -2.21. The topological polar surface area (TPSA) is 73.6 Å². The third kappa shape index (κ3) is 3.17. The molecule has 0 spiro atoms. The molecule has 6 nitrogen and oxygen atoms in total. The monoisotopic (exact) mass is 322 g/mol. The Morgan fingerprint density at radius 1 is 1.32 bits per heavy atom. The molecule has 7 heteroatoms. The number of aromatic nitrogens is 1. The van der Waals surface area contributed by atoms with E-state index in [1.54, 1.807) is 19.1 Å². The number of hydrogen-bond donors (Lipinski definition) is 1. The summed E-state index contributed by atoms with van der Waals surface area (Å²) >= 11 is 6.21. The molecule has 1 aliphatic heterocycles. The van der Waals surface area contributed by atoms with Crippen molar-refractivity contribution >= 4 is 17.5 Å². The van der Waals surface area contributed by atoms with E-state index in [4.69, 9.17) is 25.6 Å². The van der Waals surface area contributed by atoms with E-state index in [1.807, 2.05) is 6.07 Å². The highest BCUT2D eigenvalue weighted by molar-refractivity contribution is 6.32. The number of rotatable bonds is 3. The zero-order chi connectivity index (χ0) is 15.5. The molecule has 0 fully saturated rings. The van der Waals surface area contributed by atoms with Crippen molar-refractivity contribution in [1.29, 1.82) is 0 Å². The van der Waals surface area contributed by atoms with Crippen molar-refractivity contribution in [3.05, 3.63) is 40.2 Å². The molecule has 0 radical (unpaired) electrons. The molecule has 1 aliphatic rings. The van der Waals surface area contributed by atoms with E-state index < -0.39 is 0 Å². The minimum atomic E-state index is -0.305. The Bertz CT molecular complexity index is 699. The molecule has 1 amide bonds. The zero-order valence-corrected chi connectivity index (χ0v) is 12.8. The van der Waals surface area contributed by atoms with Gasteiger partial charge in [0.05, 0.1) is 18.2 Å². The second-order valence-electron chi connectivity index (χ2n) is 4.96. The molecule has 2 aromatic rings. The standard InChI is InChI=1S/C15H15ClN2O4/c1-9-5-12(18-22-9)15(19)17-8-10-6-11(16)14-13(7-10)20-3-2-4-21-14/h5-7H,2-4,8H2,1H3,(H,17,19). The summed E-state index contributed by atoms with van der Waals surface area (Å²) in [5.41, 5.74) is 1.07. The van der Waals surface area contributed by atoms with Gasteiger partial charge in [-0.2, -0.15) is 0 Å². The molecule has 22 heavy (non-hydrogen) atoms. The molecule has 116 valence electrons. The summed E-state index contributed by atoms with van der Waals surface area (Å²) in [6, 6.07) is 5.15. The largest absolute Gasteiger partial charge is 0.489 e. The van der Waals surface area contributed by atoms with Crippen LogP contribution in [-0.4, -0.2) is 24.3 Å². The van der Waals surface area contributed by atoms with Crippen LogP contribution in [0.15, 0.2) is 22.7 Å². The van der Waals surface area contributed by atoms with Crippen LogP contribution in [0.2, 0.25) is 5.02 Å². The average Bonchev–Trinajstić information content (AvgIpc) is 2.79. The van der Waals surface area contributed by atoms with E-state index in [1.165, 1.54) is 0 Å². The molecule has 0 saturated heterocycles. The predicted octanol–water partition coefficient (Wildman–Crippen LogP) is 2.73. The van der Waals surface area contributed by atoms with Gasteiger partial charge in [0.25, 0.3) is 5.91 Å². The van der Waals surface area contributed by atoms with Gasteiger partial charge in [-0.1, -0.05) is 16.8 Å². The van der Waals surface area contributed by atoms with Crippen molar-refractivity contribution in [3.8, 4) is 11.5 Å². The molecule has 1 N–H and O–H groups in total. The van der Waals surface area contributed by atoms with Gasteiger partial charge in [0.15, 0.2) is 17.2 Å². The summed E-state index contributed by atoms with van der Waals surface area (Å²) in [6.45, 7) is 3.19. The van der Waals surface area contributed by atoms with Crippen LogP contribution >= 0.6 is 11.6 Å². The Labute approximate surface area is 132 Å². The summed E-state index contributed by atoms with van der Waals surface area (Å²) in [4.78, 5) is 11.9. The maximum Gasteiger partial charge on any atom is 0.273 e. The van der Waals surface area contributed by atoms with E-state index in [-0.39, 0.29) is 11.6 Å². The third-order valence-electron chi connectivity index (χ3n) is 3.18. The maximum absolute atomic E-state index is 11.9. The van der Waals surface area contributed by atoms with Crippen LogP contribution in [0.5, 0.6) is 11.5 Å². The van der Waals surface area contributed by atoms with E-state index in [9.17, 15) is 4.79 Å². The summed E-state index contributed by atoms with van der Waals surface area (Å²) in [5.74, 6) is 1.44. The van der Waals surface area contributed by atoms with Gasteiger partial charge in [-0.05, 0) is 24.6 Å². The number of halogens is 1. The summed E-state index contributed by atoms with van der Waals surface area (Å²) in [5, 5.41) is 6.91. The lowest BCUT2D eigenvalue weighted by molar-refractivity contribution is 0.0941. The fourth-order valence-corrected chi connectivity index (χ4v) is 2.42. The summed E-state index contributed by atoms with van der Waals surface area (Å²) in [7, 11) is 0. The molecule has 0 unspecified atom stereocenters. The fourth-order valence-electron chi connectivity index (χ4n) is 2.13. The number of carbonyl (C=O) groups excluding carboxylic acids is 1. The van der Waals surface area contributed by atoms with Gasteiger partial charge >= 0.3 is 0 Å². The molecule has 0 aliphatic carbocycles. The third-order valence-corrected chi connectivity index (χ3v) is 3.46. The Morgan fingerprint density at radius 3 is 2.91 bits per heavy atom. The Balaban J connectivity index is 1.71. The van der Waals surface area contributed by atoms with Gasteiger partial charge in [0, 0.05) is 19.0 Å². The van der Waals surface area contributed by atoms with Gasteiger partial charge in [-0.25, -0.2) is 0 Å². The number of hydrogen-bond acceptors (Lipinski definition) is 5. The van der Waals surface area contributed by atoms with Crippen LogP contribution in [0.3, 0.4) is 0 Å². The van der Waals surface area contributed by atoms with Crippen molar-refractivity contribution in [3.63, 3.8) is 0 Å². The van der Waals surface area contributed by atoms with Crippen molar-refractivity contribution in [2.75, 3.05) is 13.2 Å². The molecule has 3 rings (SSSR count). The lowest BCUT2D eigenvalue weighted by Crippen LogP contribution is -2.23. The Kier molecular flexibility index (Phi) is 4.20. The van der Waals surface area contributed by atoms with Gasteiger partial charge in [0.1, 0.15) is 5.76 Å². The maximum atomic E-state index is 11.9. The highest BCUT2D eigenvalue weighted by Gasteiger charge is 2.16. The van der Waals surface area contributed by atoms with Gasteiger partial charge in [-0.3, -0.25) is 4.79 Å². The van der Waals surface area contributed by atoms with E-state index in [0.717, 1.165) is 12.0 Å². The van der Waals surface area contributed by atoms with Crippen LogP contribution in [0.4, 0.5) is 0 Å². The molecule has 1 aromatic carbocycles. The number of fused-ring (bicyclic) bond motifs is 1.